The molecule has 0 saturated carbocycles. The Kier molecular flexibility index (Phi) is 3.76. The van der Waals surface area contributed by atoms with E-state index in [1.54, 1.807) is 42.6 Å². The number of nitrogen functional groups attached to an aromatic ring is 1. The number of aromatic nitrogens is 1. The lowest BCUT2D eigenvalue weighted by Gasteiger charge is -2.09. The zero-order valence-corrected chi connectivity index (χ0v) is 12.2. The molecule has 0 unspecified atom stereocenters. The topological polar surface area (TPSA) is 82.0 Å². The van der Waals surface area contributed by atoms with Crippen LogP contribution in [0.2, 0.25) is 0 Å². The summed E-state index contributed by atoms with van der Waals surface area (Å²) in [5, 5.41) is 0. The first-order valence-electron chi connectivity index (χ1n) is 6.96. The summed E-state index contributed by atoms with van der Waals surface area (Å²) < 4.78 is 13.4. The molecular formula is C18H14FN3O. The summed E-state index contributed by atoms with van der Waals surface area (Å²) in [6.45, 7) is 0. The lowest BCUT2D eigenvalue weighted by Crippen LogP contribution is -2.10. The van der Waals surface area contributed by atoms with Gasteiger partial charge in [-0.25, -0.2) is 9.37 Å². The number of carbonyl (C=O) groups is 1. The van der Waals surface area contributed by atoms with Crippen LogP contribution in [0, 0.1) is 5.82 Å². The number of pyridine rings is 1. The molecule has 0 spiro atoms. The van der Waals surface area contributed by atoms with Crippen molar-refractivity contribution < 1.29 is 9.18 Å². The Morgan fingerprint density at radius 3 is 2.35 bits per heavy atom. The number of primary amides is 1. The molecule has 5 heteroatoms. The molecule has 0 bridgehead atoms. The number of nitrogens with two attached hydrogens (primary N) is 2. The maximum Gasteiger partial charge on any atom is 0.248 e. The number of halogens is 1. The Morgan fingerprint density at radius 1 is 0.957 bits per heavy atom. The normalized spacial score (nSPS) is 10.5. The molecule has 0 aliphatic rings. The molecule has 0 atom stereocenters. The molecule has 3 aromatic rings. The van der Waals surface area contributed by atoms with E-state index in [9.17, 15) is 9.18 Å². The molecule has 1 aromatic heterocycles. The van der Waals surface area contributed by atoms with E-state index in [4.69, 9.17) is 11.5 Å². The summed E-state index contributed by atoms with van der Waals surface area (Å²) in [4.78, 5) is 15.3. The maximum atomic E-state index is 13.4. The lowest BCUT2D eigenvalue weighted by atomic mass is 10.00. The second-order valence-electron chi connectivity index (χ2n) is 5.11. The van der Waals surface area contributed by atoms with Crippen LogP contribution in [0.1, 0.15) is 10.4 Å². The van der Waals surface area contributed by atoms with Crippen molar-refractivity contribution in [2.24, 2.45) is 5.73 Å². The first-order valence-corrected chi connectivity index (χ1v) is 6.96. The average Bonchev–Trinajstić information content (AvgIpc) is 2.55. The van der Waals surface area contributed by atoms with Crippen LogP contribution in [-0.4, -0.2) is 10.9 Å². The highest BCUT2D eigenvalue weighted by molar-refractivity contribution is 5.93. The van der Waals surface area contributed by atoms with Gasteiger partial charge in [0.2, 0.25) is 5.91 Å². The zero-order valence-electron chi connectivity index (χ0n) is 12.2. The predicted octanol–water partition coefficient (Wildman–Crippen LogP) is 3.24. The number of amides is 1. The third kappa shape index (κ3) is 3.03. The lowest BCUT2D eigenvalue weighted by molar-refractivity contribution is 0.100. The number of hydrogen-bond donors (Lipinski definition) is 2. The summed E-state index contributed by atoms with van der Waals surface area (Å²) in [6.07, 6.45) is 1.60. The van der Waals surface area contributed by atoms with Crippen LogP contribution in [0.15, 0.2) is 60.8 Å². The van der Waals surface area contributed by atoms with Gasteiger partial charge in [0.25, 0.3) is 0 Å². The number of rotatable bonds is 3. The minimum absolute atomic E-state index is 0.313. The number of anilines is 1. The van der Waals surface area contributed by atoms with Crippen molar-refractivity contribution in [3.8, 4) is 22.3 Å². The summed E-state index contributed by atoms with van der Waals surface area (Å²) >= 11 is 0. The highest BCUT2D eigenvalue weighted by atomic mass is 19.1. The van der Waals surface area contributed by atoms with Crippen molar-refractivity contribution in [2.45, 2.75) is 0 Å². The highest BCUT2D eigenvalue weighted by Crippen LogP contribution is 2.30. The minimum atomic E-state index is -0.490. The maximum absolute atomic E-state index is 13.4. The quantitative estimate of drug-likeness (QED) is 0.779. The van der Waals surface area contributed by atoms with E-state index in [2.05, 4.69) is 4.98 Å². The first-order chi connectivity index (χ1) is 11.0. The van der Waals surface area contributed by atoms with Gasteiger partial charge in [-0.15, -0.1) is 0 Å². The molecule has 4 nitrogen and oxygen atoms in total. The van der Waals surface area contributed by atoms with Crippen LogP contribution in [0.3, 0.4) is 0 Å². The summed E-state index contributed by atoms with van der Waals surface area (Å²) in [5.41, 5.74) is 14.6. The molecule has 0 aliphatic carbocycles. The Balaban J connectivity index is 2.05. The van der Waals surface area contributed by atoms with E-state index in [0.717, 1.165) is 11.1 Å². The van der Waals surface area contributed by atoms with Crippen molar-refractivity contribution >= 4 is 11.7 Å². The van der Waals surface area contributed by atoms with Crippen LogP contribution in [0.5, 0.6) is 0 Å². The number of carbonyl (C=O) groups excluding carboxylic acids is 1. The molecular weight excluding hydrogens is 293 g/mol. The van der Waals surface area contributed by atoms with Gasteiger partial charge in [-0.1, -0.05) is 24.3 Å². The van der Waals surface area contributed by atoms with E-state index in [0.29, 0.717) is 22.5 Å². The summed E-state index contributed by atoms with van der Waals surface area (Å²) in [7, 11) is 0. The van der Waals surface area contributed by atoms with E-state index in [1.807, 2.05) is 6.07 Å². The molecule has 0 aliphatic heterocycles. The Hall–Kier alpha value is -3.21. The van der Waals surface area contributed by atoms with Gasteiger partial charge in [0, 0.05) is 22.9 Å². The fourth-order valence-corrected chi connectivity index (χ4v) is 2.35. The largest absolute Gasteiger partial charge is 0.383 e. The summed E-state index contributed by atoms with van der Waals surface area (Å²) in [5.74, 6) is -0.445. The standard InChI is InChI=1S/C18H14FN3O/c19-15-3-1-2-13(8-15)14-9-16(17(20)22-10-14)11-4-6-12(7-5-11)18(21)23/h1-10H,(H2,20,22)(H2,21,23). The van der Waals surface area contributed by atoms with E-state index >= 15 is 0 Å². The van der Waals surface area contributed by atoms with Gasteiger partial charge < -0.3 is 11.5 Å². The van der Waals surface area contributed by atoms with Crippen LogP contribution in [-0.2, 0) is 0 Å². The van der Waals surface area contributed by atoms with E-state index < -0.39 is 5.91 Å². The molecule has 1 heterocycles. The molecule has 2 aromatic carbocycles. The fraction of sp³-hybridized carbons (Fsp3) is 0. The third-order valence-electron chi connectivity index (χ3n) is 3.56. The molecule has 1 amide bonds. The number of benzene rings is 2. The van der Waals surface area contributed by atoms with Gasteiger partial charge in [0.1, 0.15) is 11.6 Å². The van der Waals surface area contributed by atoms with Crippen molar-refractivity contribution in [1.29, 1.82) is 0 Å². The molecule has 0 fully saturated rings. The van der Waals surface area contributed by atoms with Gasteiger partial charge in [-0.05, 0) is 41.5 Å². The van der Waals surface area contributed by atoms with Gasteiger partial charge >= 0.3 is 0 Å². The Bertz CT molecular complexity index is 876. The van der Waals surface area contributed by atoms with Gasteiger partial charge in [0.15, 0.2) is 0 Å². The number of nitrogens with zero attached hydrogens (tertiary/aromatic N) is 1. The van der Waals surface area contributed by atoms with Crippen molar-refractivity contribution in [1.82, 2.24) is 4.98 Å². The second kappa shape index (κ2) is 5.88. The van der Waals surface area contributed by atoms with Crippen molar-refractivity contribution in [3.63, 3.8) is 0 Å². The molecule has 3 rings (SSSR count). The third-order valence-corrected chi connectivity index (χ3v) is 3.56. The van der Waals surface area contributed by atoms with E-state index in [-0.39, 0.29) is 5.82 Å². The van der Waals surface area contributed by atoms with Crippen molar-refractivity contribution in [3.05, 3.63) is 72.2 Å². The molecule has 0 saturated heterocycles. The Morgan fingerprint density at radius 2 is 1.70 bits per heavy atom. The minimum Gasteiger partial charge on any atom is -0.383 e. The van der Waals surface area contributed by atoms with Crippen LogP contribution in [0.25, 0.3) is 22.3 Å². The highest BCUT2D eigenvalue weighted by Gasteiger charge is 2.09. The van der Waals surface area contributed by atoms with Gasteiger partial charge in [-0.3, -0.25) is 4.79 Å². The molecule has 0 radical (unpaired) electrons. The fourth-order valence-electron chi connectivity index (χ4n) is 2.35. The van der Waals surface area contributed by atoms with Crippen LogP contribution < -0.4 is 11.5 Å². The van der Waals surface area contributed by atoms with Crippen LogP contribution in [0.4, 0.5) is 10.2 Å². The smallest absolute Gasteiger partial charge is 0.248 e. The molecule has 23 heavy (non-hydrogen) atoms. The first kappa shape index (κ1) is 14.7. The second-order valence-corrected chi connectivity index (χ2v) is 5.11. The SMILES string of the molecule is NC(=O)c1ccc(-c2cc(-c3cccc(F)c3)cnc2N)cc1. The van der Waals surface area contributed by atoms with Crippen molar-refractivity contribution in [2.75, 3.05) is 5.73 Å². The zero-order chi connectivity index (χ0) is 16.4. The number of hydrogen-bond acceptors (Lipinski definition) is 3. The average molecular weight is 307 g/mol. The summed E-state index contributed by atoms with van der Waals surface area (Å²) in [6, 6.07) is 14.9. The molecule has 114 valence electrons. The Labute approximate surface area is 132 Å². The monoisotopic (exact) mass is 307 g/mol. The molecule has 4 N–H and O–H groups in total. The van der Waals surface area contributed by atoms with Crippen LogP contribution >= 0.6 is 0 Å². The predicted molar refractivity (Wildman–Crippen MR) is 88.0 cm³/mol. The van der Waals surface area contributed by atoms with Gasteiger partial charge in [-0.2, -0.15) is 0 Å². The van der Waals surface area contributed by atoms with E-state index in [1.165, 1.54) is 12.1 Å². The van der Waals surface area contributed by atoms with Gasteiger partial charge in [0.05, 0.1) is 0 Å².